The SMILES string of the molecule is N#CC(C(=O)NC1CCCCC1)C(=O)c1ccc2c(c1)OCO2. The summed E-state index contributed by atoms with van der Waals surface area (Å²) in [5, 5.41) is 12.1. The zero-order valence-electron chi connectivity index (χ0n) is 12.7. The Labute approximate surface area is 134 Å². The van der Waals surface area contributed by atoms with E-state index in [0.29, 0.717) is 11.5 Å². The number of nitrogens with zero attached hydrogens (tertiary/aromatic N) is 1. The number of Topliss-reactive ketones (excluding diaryl/α,β-unsaturated/α-hetero) is 1. The maximum atomic E-state index is 12.5. The van der Waals surface area contributed by atoms with Gasteiger partial charge < -0.3 is 14.8 Å². The lowest BCUT2D eigenvalue weighted by atomic mass is 9.93. The molecule has 0 saturated heterocycles. The largest absolute Gasteiger partial charge is 0.454 e. The molecule has 1 aliphatic heterocycles. The van der Waals surface area contributed by atoms with E-state index in [2.05, 4.69) is 5.32 Å². The van der Waals surface area contributed by atoms with E-state index < -0.39 is 17.6 Å². The summed E-state index contributed by atoms with van der Waals surface area (Å²) in [6.45, 7) is 0.108. The summed E-state index contributed by atoms with van der Waals surface area (Å²) in [4.78, 5) is 24.8. The average Bonchev–Trinajstić information content (AvgIpc) is 3.04. The molecule has 1 heterocycles. The fraction of sp³-hybridized carbons (Fsp3) is 0.471. The highest BCUT2D eigenvalue weighted by molar-refractivity contribution is 6.12. The van der Waals surface area contributed by atoms with Crippen LogP contribution in [0.15, 0.2) is 18.2 Å². The molecule has 1 amide bonds. The first-order valence-electron chi connectivity index (χ1n) is 7.83. The Bertz CT molecular complexity index is 659. The van der Waals surface area contributed by atoms with Gasteiger partial charge >= 0.3 is 0 Å². The molecule has 3 rings (SSSR count). The van der Waals surface area contributed by atoms with E-state index in [4.69, 9.17) is 9.47 Å². The van der Waals surface area contributed by atoms with Crippen LogP contribution in [0.5, 0.6) is 11.5 Å². The van der Waals surface area contributed by atoms with Crippen molar-refractivity contribution in [3.05, 3.63) is 23.8 Å². The Morgan fingerprint density at radius 1 is 1.17 bits per heavy atom. The van der Waals surface area contributed by atoms with Crippen molar-refractivity contribution in [1.82, 2.24) is 5.32 Å². The lowest BCUT2D eigenvalue weighted by Gasteiger charge is -2.23. The summed E-state index contributed by atoms with van der Waals surface area (Å²) in [5.74, 6) is -1.35. The fourth-order valence-corrected chi connectivity index (χ4v) is 2.98. The van der Waals surface area contributed by atoms with Gasteiger partial charge in [0.15, 0.2) is 23.2 Å². The minimum Gasteiger partial charge on any atom is -0.454 e. The smallest absolute Gasteiger partial charge is 0.245 e. The molecule has 120 valence electrons. The Balaban J connectivity index is 1.70. The Kier molecular flexibility index (Phi) is 4.47. The average molecular weight is 314 g/mol. The number of hydrogen-bond donors (Lipinski definition) is 1. The van der Waals surface area contributed by atoms with Crippen LogP contribution in [0, 0.1) is 17.2 Å². The Hall–Kier alpha value is -2.55. The molecule has 1 aromatic rings. The van der Waals surface area contributed by atoms with Crippen molar-refractivity contribution in [2.75, 3.05) is 6.79 Å². The third-order valence-electron chi connectivity index (χ3n) is 4.26. The monoisotopic (exact) mass is 314 g/mol. The molecule has 1 atom stereocenters. The molecule has 1 N–H and O–H groups in total. The van der Waals surface area contributed by atoms with Crippen molar-refractivity contribution in [1.29, 1.82) is 5.26 Å². The predicted octanol–water partition coefficient (Wildman–Crippen LogP) is 2.19. The standard InChI is InChI=1S/C17H18N2O4/c18-9-13(17(21)19-12-4-2-1-3-5-12)16(20)11-6-7-14-15(8-11)23-10-22-14/h6-8,12-13H,1-5,10H2,(H,19,21). The molecule has 1 fully saturated rings. The number of benzene rings is 1. The van der Waals surface area contributed by atoms with E-state index in [1.165, 1.54) is 12.5 Å². The molecule has 2 aliphatic rings. The number of amides is 1. The molecule has 1 saturated carbocycles. The summed E-state index contributed by atoms with van der Waals surface area (Å²) < 4.78 is 10.4. The number of hydrogen-bond acceptors (Lipinski definition) is 5. The van der Waals surface area contributed by atoms with E-state index in [-0.39, 0.29) is 18.4 Å². The van der Waals surface area contributed by atoms with Gasteiger partial charge in [0.1, 0.15) is 0 Å². The number of carbonyl (C=O) groups is 2. The van der Waals surface area contributed by atoms with Gasteiger partial charge in [-0.3, -0.25) is 9.59 Å². The van der Waals surface area contributed by atoms with Crippen LogP contribution in [0.2, 0.25) is 0 Å². The van der Waals surface area contributed by atoms with Crippen molar-refractivity contribution >= 4 is 11.7 Å². The second kappa shape index (κ2) is 6.69. The number of nitriles is 1. The van der Waals surface area contributed by atoms with Gasteiger partial charge in [-0.1, -0.05) is 19.3 Å². The highest BCUT2D eigenvalue weighted by atomic mass is 16.7. The van der Waals surface area contributed by atoms with Gasteiger partial charge in [-0.05, 0) is 31.0 Å². The molecule has 6 nitrogen and oxygen atoms in total. The van der Waals surface area contributed by atoms with Crippen molar-refractivity contribution in [2.24, 2.45) is 5.92 Å². The summed E-state index contributed by atoms with van der Waals surface area (Å²) >= 11 is 0. The minimum atomic E-state index is -1.34. The second-order valence-corrected chi connectivity index (χ2v) is 5.84. The first kappa shape index (κ1) is 15.3. The minimum absolute atomic E-state index is 0.0663. The van der Waals surface area contributed by atoms with E-state index >= 15 is 0 Å². The lowest BCUT2D eigenvalue weighted by Crippen LogP contribution is -2.42. The van der Waals surface area contributed by atoms with Crippen molar-refractivity contribution in [2.45, 2.75) is 38.1 Å². The highest BCUT2D eigenvalue weighted by Crippen LogP contribution is 2.33. The van der Waals surface area contributed by atoms with Crippen molar-refractivity contribution in [3.8, 4) is 17.6 Å². The molecule has 23 heavy (non-hydrogen) atoms. The number of nitrogens with one attached hydrogen (secondary N) is 1. The summed E-state index contributed by atoms with van der Waals surface area (Å²) in [6.07, 6.45) is 5.12. The third kappa shape index (κ3) is 3.29. The number of fused-ring (bicyclic) bond motifs is 1. The van der Waals surface area contributed by atoms with Crippen LogP contribution in [0.4, 0.5) is 0 Å². The number of ketones is 1. The van der Waals surface area contributed by atoms with Crippen LogP contribution in [0.3, 0.4) is 0 Å². The van der Waals surface area contributed by atoms with E-state index in [1.807, 2.05) is 6.07 Å². The fourth-order valence-electron chi connectivity index (χ4n) is 2.98. The molecule has 1 aliphatic carbocycles. The maximum absolute atomic E-state index is 12.5. The van der Waals surface area contributed by atoms with Gasteiger partial charge in [-0.15, -0.1) is 0 Å². The van der Waals surface area contributed by atoms with Gasteiger partial charge in [0, 0.05) is 11.6 Å². The third-order valence-corrected chi connectivity index (χ3v) is 4.26. The van der Waals surface area contributed by atoms with Gasteiger partial charge in [0.25, 0.3) is 0 Å². The number of ether oxygens (including phenoxy) is 2. The summed E-state index contributed by atoms with van der Waals surface area (Å²) in [7, 11) is 0. The van der Waals surface area contributed by atoms with Crippen LogP contribution in [0.1, 0.15) is 42.5 Å². The first-order chi connectivity index (χ1) is 11.2. The predicted molar refractivity (Wildman–Crippen MR) is 81.0 cm³/mol. The highest BCUT2D eigenvalue weighted by Gasteiger charge is 2.30. The van der Waals surface area contributed by atoms with E-state index in [1.54, 1.807) is 12.1 Å². The summed E-state index contributed by atoms with van der Waals surface area (Å²) in [6, 6.07) is 6.57. The van der Waals surface area contributed by atoms with Crippen LogP contribution in [-0.4, -0.2) is 24.5 Å². The summed E-state index contributed by atoms with van der Waals surface area (Å²) in [5.41, 5.74) is 0.277. The van der Waals surface area contributed by atoms with Crippen LogP contribution in [-0.2, 0) is 4.79 Å². The zero-order valence-corrected chi connectivity index (χ0v) is 12.7. The van der Waals surface area contributed by atoms with E-state index in [0.717, 1.165) is 25.7 Å². The van der Waals surface area contributed by atoms with Crippen molar-refractivity contribution in [3.63, 3.8) is 0 Å². The number of carbonyl (C=O) groups excluding carboxylic acids is 2. The topological polar surface area (TPSA) is 88.4 Å². The van der Waals surface area contributed by atoms with Crippen molar-refractivity contribution < 1.29 is 19.1 Å². The van der Waals surface area contributed by atoms with Gasteiger partial charge in [-0.25, -0.2) is 0 Å². The molecular formula is C17H18N2O4. The maximum Gasteiger partial charge on any atom is 0.245 e. The van der Waals surface area contributed by atoms with Crippen LogP contribution >= 0.6 is 0 Å². The zero-order chi connectivity index (χ0) is 16.2. The molecule has 0 bridgehead atoms. The molecule has 0 radical (unpaired) electrons. The Morgan fingerprint density at radius 2 is 1.91 bits per heavy atom. The molecule has 0 spiro atoms. The normalized spacial score (nSPS) is 18.0. The van der Waals surface area contributed by atoms with E-state index in [9.17, 15) is 14.9 Å². The van der Waals surface area contributed by atoms with Gasteiger partial charge in [0.05, 0.1) is 6.07 Å². The Morgan fingerprint density at radius 3 is 2.65 bits per heavy atom. The van der Waals surface area contributed by atoms with Gasteiger partial charge in [0.2, 0.25) is 12.7 Å². The molecule has 0 aromatic heterocycles. The quantitative estimate of drug-likeness (QED) is 0.680. The second-order valence-electron chi connectivity index (χ2n) is 5.84. The molecular weight excluding hydrogens is 296 g/mol. The van der Waals surface area contributed by atoms with Crippen LogP contribution < -0.4 is 14.8 Å². The molecule has 1 unspecified atom stereocenters. The number of rotatable bonds is 4. The van der Waals surface area contributed by atoms with Gasteiger partial charge in [-0.2, -0.15) is 5.26 Å². The van der Waals surface area contributed by atoms with Crippen LogP contribution in [0.25, 0.3) is 0 Å². The first-order valence-corrected chi connectivity index (χ1v) is 7.83. The molecule has 6 heteroatoms. The lowest BCUT2D eigenvalue weighted by molar-refractivity contribution is -0.123. The molecule has 1 aromatic carbocycles.